The Labute approximate surface area is 138 Å². The normalized spacial score (nSPS) is 17.0. The fourth-order valence-electron chi connectivity index (χ4n) is 2.80. The predicted molar refractivity (Wildman–Crippen MR) is 83.8 cm³/mol. The van der Waals surface area contributed by atoms with Gasteiger partial charge in [0.2, 0.25) is 5.89 Å². The Morgan fingerprint density at radius 3 is 2.75 bits per heavy atom. The SMILES string of the molecule is Cc1coc(C2CCCN2C(=O)c2ccc(OCC(=O)O)cc2)n1. The smallest absolute Gasteiger partial charge is 0.341 e. The number of carbonyl (C=O) groups excluding carboxylic acids is 1. The summed E-state index contributed by atoms with van der Waals surface area (Å²) in [6, 6.07) is 6.31. The van der Waals surface area contributed by atoms with Crippen LogP contribution >= 0.6 is 0 Å². The molecule has 1 amide bonds. The molecule has 0 radical (unpaired) electrons. The summed E-state index contributed by atoms with van der Waals surface area (Å²) in [6.07, 6.45) is 3.31. The lowest BCUT2D eigenvalue weighted by Gasteiger charge is -2.22. The van der Waals surface area contributed by atoms with Crippen molar-refractivity contribution < 1.29 is 23.8 Å². The molecule has 2 heterocycles. The summed E-state index contributed by atoms with van der Waals surface area (Å²) >= 11 is 0. The number of rotatable bonds is 5. The Bertz CT molecular complexity index is 738. The number of nitrogens with zero attached hydrogens (tertiary/aromatic N) is 2. The molecule has 1 aromatic heterocycles. The molecule has 2 aromatic rings. The van der Waals surface area contributed by atoms with Gasteiger partial charge in [0, 0.05) is 12.1 Å². The Morgan fingerprint density at radius 2 is 2.12 bits per heavy atom. The van der Waals surface area contributed by atoms with Crippen LogP contribution in [0.15, 0.2) is 34.9 Å². The average molecular weight is 330 g/mol. The van der Waals surface area contributed by atoms with Crippen molar-refractivity contribution in [3.05, 3.63) is 47.7 Å². The molecule has 3 rings (SSSR count). The van der Waals surface area contributed by atoms with Crippen molar-refractivity contribution in [2.24, 2.45) is 0 Å². The zero-order valence-corrected chi connectivity index (χ0v) is 13.3. The minimum Gasteiger partial charge on any atom is -0.482 e. The number of carbonyl (C=O) groups is 2. The van der Waals surface area contributed by atoms with Gasteiger partial charge in [0.05, 0.1) is 5.69 Å². The Balaban J connectivity index is 1.72. The first kappa shape index (κ1) is 16.0. The molecule has 0 aliphatic carbocycles. The molecule has 1 aliphatic rings. The number of hydrogen-bond acceptors (Lipinski definition) is 5. The van der Waals surface area contributed by atoms with Gasteiger partial charge in [-0.3, -0.25) is 4.79 Å². The second-order valence-electron chi connectivity index (χ2n) is 5.69. The van der Waals surface area contributed by atoms with Gasteiger partial charge in [-0.15, -0.1) is 0 Å². The van der Waals surface area contributed by atoms with Gasteiger partial charge in [0.15, 0.2) is 6.61 Å². The van der Waals surface area contributed by atoms with E-state index in [1.807, 2.05) is 6.92 Å². The van der Waals surface area contributed by atoms with Crippen LogP contribution in [0.3, 0.4) is 0 Å². The number of amides is 1. The van der Waals surface area contributed by atoms with E-state index in [4.69, 9.17) is 14.3 Å². The molecule has 24 heavy (non-hydrogen) atoms. The molecule has 7 heteroatoms. The summed E-state index contributed by atoms with van der Waals surface area (Å²) in [4.78, 5) is 29.3. The van der Waals surface area contributed by atoms with Gasteiger partial charge in [-0.2, -0.15) is 0 Å². The quantitative estimate of drug-likeness (QED) is 0.905. The molecule has 1 fully saturated rings. The molecule has 1 aliphatic heterocycles. The molecule has 126 valence electrons. The second-order valence-corrected chi connectivity index (χ2v) is 5.69. The zero-order chi connectivity index (χ0) is 17.1. The summed E-state index contributed by atoms with van der Waals surface area (Å²) in [5.41, 5.74) is 1.32. The lowest BCUT2D eigenvalue weighted by atomic mass is 10.1. The third kappa shape index (κ3) is 3.40. The Morgan fingerprint density at radius 1 is 1.38 bits per heavy atom. The Hall–Kier alpha value is -2.83. The number of carboxylic acids is 1. The topological polar surface area (TPSA) is 92.9 Å². The number of ether oxygens (including phenoxy) is 1. The summed E-state index contributed by atoms with van der Waals surface area (Å²) in [7, 11) is 0. The fourth-order valence-corrected chi connectivity index (χ4v) is 2.80. The molecule has 1 unspecified atom stereocenters. The number of aliphatic carboxylic acids is 1. The van der Waals surface area contributed by atoms with E-state index in [-0.39, 0.29) is 11.9 Å². The van der Waals surface area contributed by atoms with Crippen molar-refractivity contribution in [1.82, 2.24) is 9.88 Å². The molecule has 1 aromatic carbocycles. The molecule has 7 nitrogen and oxygen atoms in total. The maximum absolute atomic E-state index is 12.7. The van der Waals surface area contributed by atoms with E-state index in [1.54, 1.807) is 35.4 Å². The largest absolute Gasteiger partial charge is 0.482 e. The molecule has 1 N–H and O–H groups in total. The van der Waals surface area contributed by atoms with Gasteiger partial charge < -0.3 is 19.2 Å². The van der Waals surface area contributed by atoms with Gasteiger partial charge in [-0.05, 0) is 44.0 Å². The molecule has 0 saturated carbocycles. The number of likely N-dealkylation sites (tertiary alicyclic amines) is 1. The minimum atomic E-state index is -1.05. The first-order chi connectivity index (χ1) is 11.5. The van der Waals surface area contributed by atoms with Crippen molar-refractivity contribution in [3.63, 3.8) is 0 Å². The van der Waals surface area contributed by atoms with Crippen LogP contribution in [-0.2, 0) is 4.79 Å². The number of aryl methyl sites for hydroxylation is 1. The van der Waals surface area contributed by atoms with Crippen molar-refractivity contribution in [3.8, 4) is 5.75 Å². The Kier molecular flexibility index (Phi) is 4.50. The van der Waals surface area contributed by atoms with Gasteiger partial charge in [-0.25, -0.2) is 9.78 Å². The molecular weight excluding hydrogens is 312 g/mol. The molecule has 1 atom stereocenters. The molecular formula is C17H18N2O5. The second kappa shape index (κ2) is 6.74. The average Bonchev–Trinajstić information content (AvgIpc) is 3.21. The van der Waals surface area contributed by atoms with E-state index in [9.17, 15) is 9.59 Å². The number of aromatic nitrogens is 1. The number of benzene rings is 1. The van der Waals surface area contributed by atoms with Crippen LogP contribution in [0, 0.1) is 6.92 Å². The third-order valence-corrected chi connectivity index (χ3v) is 3.90. The zero-order valence-electron chi connectivity index (χ0n) is 13.3. The molecule has 0 spiro atoms. The number of hydrogen-bond donors (Lipinski definition) is 1. The predicted octanol–water partition coefficient (Wildman–Crippen LogP) is 2.42. The van der Waals surface area contributed by atoms with Gasteiger partial charge >= 0.3 is 5.97 Å². The standard InChI is InChI=1S/C17H18N2O5/c1-11-9-24-16(18-11)14-3-2-8-19(14)17(22)12-4-6-13(7-5-12)23-10-15(20)21/h4-7,9,14H,2-3,8,10H2,1H3,(H,20,21). The van der Waals surface area contributed by atoms with Crippen LogP contribution in [0.1, 0.15) is 40.8 Å². The van der Waals surface area contributed by atoms with E-state index in [1.165, 1.54) is 0 Å². The van der Waals surface area contributed by atoms with E-state index >= 15 is 0 Å². The lowest BCUT2D eigenvalue weighted by Crippen LogP contribution is -2.30. The highest BCUT2D eigenvalue weighted by molar-refractivity contribution is 5.94. The minimum absolute atomic E-state index is 0.0989. The number of oxazole rings is 1. The number of carboxylic acid groups (broad SMARTS) is 1. The summed E-state index contributed by atoms with van der Waals surface area (Å²) in [6.45, 7) is 2.09. The first-order valence-electron chi connectivity index (χ1n) is 7.72. The van der Waals surface area contributed by atoms with Crippen molar-refractivity contribution in [1.29, 1.82) is 0 Å². The summed E-state index contributed by atoms with van der Waals surface area (Å²) < 4.78 is 10.5. The maximum atomic E-state index is 12.7. The van der Waals surface area contributed by atoms with Crippen molar-refractivity contribution in [2.75, 3.05) is 13.2 Å². The summed E-state index contributed by atoms with van der Waals surface area (Å²) in [5.74, 6) is -0.163. The van der Waals surface area contributed by atoms with Crippen LogP contribution in [0.5, 0.6) is 5.75 Å². The van der Waals surface area contributed by atoms with E-state index < -0.39 is 12.6 Å². The van der Waals surface area contributed by atoms with Crippen molar-refractivity contribution >= 4 is 11.9 Å². The van der Waals surface area contributed by atoms with Crippen LogP contribution in [0.2, 0.25) is 0 Å². The highest BCUT2D eigenvalue weighted by Crippen LogP contribution is 2.32. The van der Waals surface area contributed by atoms with E-state index in [0.717, 1.165) is 18.5 Å². The van der Waals surface area contributed by atoms with E-state index in [2.05, 4.69) is 4.98 Å². The van der Waals surface area contributed by atoms with Gasteiger partial charge in [-0.1, -0.05) is 0 Å². The highest BCUT2D eigenvalue weighted by Gasteiger charge is 2.33. The lowest BCUT2D eigenvalue weighted by molar-refractivity contribution is -0.139. The van der Waals surface area contributed by atoms with Crippen LogP contribution in [-0.4, -0.2) is 40.0 Å². The van der Waals surface area contributed by atoms with E-state index in [0.29, 0.717) is 23.7 Å². The van der Waals surface area contributed by atoms with Crippen LogP contribution < -0.4 is 4.74 Å². The van der Waals surface area contributed by atoms with Gasteiger partial charge in [0.1, 0.15) is 18.1 Å². The van der Waals surface area contributed by atoms with Crippen LogP contribution in [0.4, 0.5) is 0 Å². The van der Waals surface area contributed by atoms with Gasteiger partial charge in [0.25, 0.3) is 5.91 Å². The first-order valence-corrected chi connectivity index (χ1v) is 7.72. The fraction of sp³-hybridized carbons (Fsp3) is 0.353. The maximum Gasteiger partial charge on any atom is 0.341 e. The summed E-state index contributed by atoms with van der Waals surface area (Å²) in [5, 5.41) is 8.60. The highest BCUT2D eigenvalue weighted by atomic mass is 16.5. The van der Waals surface area contributed by atoms with Crippen molar-refractivity contribution in [2.45, 2.75) is 25.8 Å². The van der Waals surface area contributed by atoms with Crippen LogP contribution in [0.25, 0.3) is 0 Å². The molecule has 1 saturated heterocycles. The third-order valence-electron chi connectivity index (χ3n) is 3.90. The molecule has 0 bridgehead atoms. The monoisotopic (exact) mass is 330 g/mol.